The molecule has 1 aromatic rings. The Morgan fingerprint density at radius 2 is 1.86 bits per heavy atom. The summed E-state index contributed by atoms with van der Waals surface area (Å²) in [5, 5.41) is 20.0. The van der Waals surface area contributed by atoms with Gasteiger partial charge in [-0.1, -0.05) is 38.1 Å². The van der Waals surface area contributed by atoms with Gasteiger partial charge in [-0.05, 0) is 17.5 Å². The van der Waals surface area contributed by atoms with Gasteiger partial charge in [-0.3, -0.25) is 0 Å². The molecule has 2 rings (SSSR count). The van der Waals surface area contributed by atoms with Crippen molar-refractivity contribution < 1.29 is 10.2 Å². The van der Waals surface area contributed by atoms with E-state index in [0.29, 0.717) is 6.42 Å². The van der Waals surface area contributed by atoms with Gasteiger partial charge in [0, 0.05) is 5.41 Å². The topological polar surface area (TPSA) is 40.5 Å². The molecule has 0 spiro atoms. The van der Waals surface area contributed by atoms with E-state index in [1.165, 1.54) is 0 Å². The lowest BCUT2D eigenvalue weighted by Gasteiger charge is -2.40. The zero-order chi connectivity index (χ0) is 10.3. The second-order valence-electron chi connectivity index (χ2n) is 4.64. The van der Waals surface area contributed by atoms with Crippen LogP contribution in [-0.4, -0.2) is 16.3 Å². The summed E-state index contributed by atoms with van der Waals surface area (Å²) in [5.41, 5.74) is 1.57. The maximum Gasteiger partial charge on any atom is 0.0868 e. The minimum atomic E-state index is -0.567. The minimum Gasteiger partial charge on any atom is -0.392 e. The predicted molar refractivity (Wildman–Crippen MR) is 54.9 cm³/mol. The van der Waals surface area contributed by atoms with E-state index in [1.54, 1.807) is 0 Å². The van der Waals surface area contributed by atoms with Crippen LogP contribution in [0.25, 0.3) is 0 Å². The molecule has 0 radical (unpaired) electrons. The van der Waals surface area contributed by atoms with Crippen molar-refractivity contribution in [2.75, 3.05) is 0 Å². The van der Waals surface area contributed by atoms with Crippen LogP contribution in [0.15, 0.2) is 24.3 Å². The molecule has 0 saturated heterocycles. The van der Waals surface area contributed by atoms with Crippen molar-refractivity contribution in [2.45, 2.75) is 32.5 Å². The van der Waals surface area contributed by atoms with E-state index in [0.717, 1.165) is 11.1 Å². The maximum atomic E-state index is 10.1. The Morgan fingerprint density at radius 1 is 1.21 bits per heavy atom. The van der Waals surface area contributed by atoms with Crippen molar-refractivity contribution >= 4 is 0 Å². The Morgan fingerprint density at radius 3 is 2.57 bits per heavy atom. The maximum absolute atomic E-state index is 10.1. The van der Waals surface area contributed by atoms with Crippen molar-refractivity contribution in [3.8, 4) is 0 Å². The van der Waals surface area contributed by atoms with Crippen LogP contribution in [0.4, 0.5) is 0 Å². The summed E-state index contributed by atoms with van der Waals surface area (Å²) in [7, 11) is 0. The summed E-state index contributed by atoms with van der Waals surface area (Å²) < 4.78 is 0. The Kier molecular flexibility index (Phi) is 2.13. The summed E-state index contributed by atoms with van der Waals surface area (Å²) in [4.78, 5) is 0. The number of aliphatic hydroxyl groups is 2. The van der Waals surface area contributed by atoms with Crippen LogP contribution in [0.2, 0.25) is 0 Å². The number of hydrogen-bond acceptors (Lipinski definition) is 2. The second-order valence-corrected chi connectivity index (χ2v) is 4.64. The molecule has 14 heavy (non-hydrogen) atoms. The molecule has 1 aliphatic rings. The number of benzene rings is 1. The first-order chi connectivity index (χ1) is 6.53. The summed E-state index contributed by atoms with van der Waals surface area (Å²) in [6.45, 7) is 3.80. The van der Waals surface area contributed by atoms with Gasteiger partial charge < -0.3 is 10.2 Å². The highest BCUT2D eigenvalue weighted by Gasteiger charge is 2.41. The molecule has 0 unspecified atom stereocenters. The summed E-state index contributed by atoms with van der Waals surface area (Å²) >= 11 is 0. The third kappa shape index (κ3) is 1.26. The second kappa shape index (κ2) is 3.07. The zero-order valence-electron chi connectivity index (χ0n) is 8.57. The molecule has 0 amide bonds. The first-order valence-electron chi connectivity index (χ1n) is 4.97. The Hall–Kier alpha value is -0.860. The van der Waals surface area contributed by atoms with Crippen LogP contribution in [0.1, 0.15) is 31.1 Å². The lowest BCUT2D eigenvalue weighted by atomic mass is 9.70. The fourth-order valence-electron chi connectivity index (χ4n) is 2.04. The highest BCUT2D eigenvalue weighted by Crippen LogP contribution is 2.43. The van der Waals surface area contributed by atoms with Crippen LogP contribution >= 0.6 is 0 Å². The average Bonchev–Trinajstić information content (AvgIpc) is 2.15. The Labute approximate surface area is 84.2 Å². The van der Waals surface area contributed by atoms with Gasteiger partial charge in [0.05, 0.1) is 12.2 Å². The van der Waals surface area contributed by atoms with Gasteiger partial charge in [0.25, 0.3) is 0 Å². The summed E-state index contributed by atoms with van der Waals surface area (Å²) in [6.07, 6.45) is -0.393. The quantitative estimate of drug-likeness (QED) is 0.656. The van der Waals surface area contributed by atoms with E-state index in [1.807, 2.05) is 38.1 Å². The van der Waals surface area contributed by atoms with Crippen LogP contribution in [0.3, 0.4) is 0 Å². The van der Waals surface area contributed by atoms with E-state index in [9.17, 15) is 10.2 Å². The van der Waals surface area contributed by atoms with E-state index >= 15 is 0 Å². The third-order valence-corrected chi connectivity index (χ3v) is 3.33. The van der Waals surface area contributed by atoms with Crippen molar-refractivity contribution in [2.24, 2.45) is 5.41 Å². The van der Waals surface area contributed by atoms with Gasteiger partial charge in [0.1, 0.15) is 0 Å². The van der Waals surface area contributed by atoms with Gasteiger partial charge in [-0.15, -0.1) is 0 Å². The van der Waals surface area contributed by atoms with Crippen LogP contribution in [-0.2, 0) is 6.42 Å². The van der Waals surface area contributed by atoms with Gasteiger partial charge in [0.15, 0.2) is 0 Å². The molecule has 0 aliphatic heterocycles. The van der Waals surface area contributed by atoms with Crippen LogP contribution < -0.4 is 0 Å². The van der Waals surface area contributed by atoms with Crippen LogP contribution in [0.5, 0.6) is 0 Å². The van der Waals surface area contributed by atoms with Gasteiger partial charge in [0.2, 0.25) is 0 Å². The molecule has 2 N–H and O–H groups in total. The third-order valence-electron chi connectivity index (χ3n) is 3.33. The molecule has 76 valence electrons. The highest BCUT2D eigenvalue weighted by atomic mass is 16.3. The molecule has 2 atom stereocenters. The molecule has 0 bridgehead atoms. The molecule has 1 aliphatic carbocycles. The van der Waals surface area contributed by atoms with Gasteiger partial charge >= 0.3 is 0 Å². The monoisotopic (exact) mass is 192 g/mol. The molecule has 0 saturated carbocycles. The smallest absolute Gasteiger partial charge is 0.0868 e. The number of fused-ring (bicyclic) bond motifs is 1. The van der Waals surface area contributed by atoms with Crippen molar-refractivity contribution in [3.63, 3.8) is 0 Å². The Balaban J connectivity index is 2.49. The van der Waals surface area contributed by atoms with E-state index in [-0.39, 0.29) is 0 Å². The summed E-state index contributed by atoms with van der Waals surface area (Å²) in [5.74, 6) is 0. The number of aliphatic hydroxyl groups excluding tert-OH is 2. The fraction of sp³-hybridized carbons (Fsp3) is 0.500. The standard InChI is InChI=1S/C12H16O2/c1-12(2)10(13)7-8-5-3-4-6-9(8)11(12)14/h3-6,10-11,13-14H,7H2,1-2H3/t10-,11-/m1/s1. The van der Waals surface area contributed by atoms with E-state index < -0.39 is 17.6 Å². The van der Waals surface area contributed by atoms with Gasteiger partial charge in [-0.2, -0.15) is 0 Å². The number of rotatable bonds is 0. The SMILES string of the molecule is CC1(C)[C@H](O)Cc2ccccc2[C@H]1O. The van der Waals surface area contributed by atoms with Crippen molar-refractivity contribution in [1.82, 2.24) is 0 Å². The summed E-state index contributed by atoms with van der Waals surface area (Å²) in [6, 6.07) is 7.77. The highest BCUT2D eigenvalue weighted by molar-refractivity contribution is 5.34. The zero-order valence-corrected chi connectivity index (χ0v) is 8.57. The fourth-order valence-corrected chi connectivity index (χ4v) is 2.04. The molecule has 0 fully saturated rings. The molecule has 0 aromatic heterocycles. The lowest BCUT2D eigenvalue weighted by Crippen LogP contribution is -2.41. The lowest BCUT2D eigenvalue weighted by molar-refractivity contribution is -0.0591. The molecular formula is C12H16O2. The predicted octanol–water partition coefficient (Wildman–Crippen LogP) is 1.66. The first kappa shape index (κ1) is 9.69. The number of hydrogen-bond donors (Lipinski definition) is 2. The first-order valence-corrected chi connectivity index (χ1v) is 4.97. The largest absolute Gasteiger partial charge is 0.392 e. The molecular weight excluding hydrogens is 176 g/mol. The van der Waals surface area contributed by atoms with Crippen molar-refractivity contribution in [1.29, 1.82) is 0 Å². The molecule has 2 heteroatoms. The van der Waals surface area contributed by atoms with Crippen LogP contribution in [0, 0.1) is 5.41 Å². The van der Waals surface area contributed by atoms with E-state index in [4.69, 9.17) is 0 Å². The minimum absolute atomic E-state index is 0.450. The molecule has 2 nitrogen and oxygen atoms in total. The van der Waals surface area contributed by atoms with Gasteiger partial charge in [-0.25, -0.2) is 0 Å². The Bertz CT molecular complexity index is 344. The van der Waals surface area contributed by atoms with Crippen molar-refractivity contribution in [3.05, 3.63) is 35.4 Å². The average molecular weight is 192 g/mol. The normalized spacial score (nSPS) is 29.7. The molecule has 1 aromatic carbocycles. The van der Waals surface area contributed by atoms with E-state index in [2.05, 4.69) is 0 Å². The molecule has 0 heterocycles.